The number of alkyl carbamates (subject to hydrolysis) is 1. The lowest BCUT2D eigenvalue weighted by Crippen LogP contribution is -2.51. The molecule has 1 aliphatic rings. The molecule has 0 aliphatic carbocycles. The van der Waals surface area contributed by atoms with Gasteiger partial charge in [0.05, 0.1) is 36.9 Å². The van der Waals surface area contributed by atoms with Gasteiger partial charge in [0.25, 0.3) is 0 Å². The first kappa shape index (κ1) is 25.2. The van der Waals surface area contributed by atoms with Crippen molar-refractivity contribution in [3.8, 4) is 28.2 Å². The second kappa shape index (κ2) is 10.9. The van der Waals surface area contributed by atoms with Gasteiger partial charge in [0.2, 0.25) is 5.91 Å². The van der Waals surface area contributed by atoms with Crippen molar-refractivity contribution < 1.29 is 14.3 Å². The van der Waals surface area contributed by atoms with Gasteiger partial charge in [-0.15, -0.1) is 5.10 Å². The van der Waals surface area contributed by atoms with Crippen molar-refractivity contribution in [3.63, 3.8) is 0 Å². The average molecular weight is 514 g/mol. The maximum absolute atomic E-state index is 13.4. The Morgan fingerprint density at radius 1 is 1.08 bits per heavy atom. The van der Waals surface area contributed by atoms with E-state index in [1.807, 2.05) is 74.6 Å². The number of H-pyrrole nitrogens is 1. The zero-order chi connectivity index (χ0) is 26.6. The number of likely N-dealkylation sites (tertiary alicyclic amines) is 1. The van der Waals surface area contributed by atoms with Crippen LogP contribution in [-0.4, -0.2) is 61.6 Å². The minimum atomic E-state index is -0.663. The summed E-state index contributed by atoms with van der Waals surface area (Å²) in [5, 5.41) is 11.2. The predicted octanol–water partition coefficient (Wildman–Crippen LogP) is 4.37. The Hall–Kier alpha value is -4.47. The maximum Gasteiger partial charge on any atom is 0.407 e. The fraction of sp³-hybridized carbons (Fsp3) is 0.321. The Bertz CT molecular complexity index is 1400. The van der Waals surface area contributed by atoms with Crippen LogP contribution >= 0.6 is 0 Å². The third-order valence-corrected chi connectivity index (χ3v) is 6.84. The van der Waals surface area contributed by atoms with Gasteiger partial charge in [-0.3, -0.25) is 4.79 Å². The molecule has 2 N–H and O–H groups in total. The number of carbonyl (C=O) groups excluding carboxylic acids is 2. The topological polar surface area (TPSA) is 118 Å². The van der Waals surface area contributed by atoms with Crippen molar-refractivity contribution in [3.05, 3.63) is 72.8 Å². The lowest BCUT2D eigenvalue weighted by molar-refractivity contribution is -0.135. The molecule has 10 heteroatoms. The number of nitrogens with one attached hydrogen (secondary N) is 2. The van der Waals surface area contributed by atoms with E-state index in [-0.39, 0.29) is 17.9 Å². The van der Waals surface area contributed by atoms with Gasteiger partial charge in [0.15, 0.2) is 0 Å². The smallest absolute Gasteiger partial charge is 0.407 e. The van der Waals surface area contributed by atoms with E-state index in [2.05, 4.69) is 25.6 Å². The molecule has 1 saturated heterocycles. The van der Waals surface area contributed by atoms with Crippen LogP contribution in [0.25, 0.3) is 28.2 Å². The highest BCUT2D eigenvalue weighted by atomic mass is 16.5. The largest absolute Gasteiger partial charge is 0.453 e. The molecule has 2 atom stereocenters. The first-order valence-corrected chi connectivity index (χ1v) is 12.7. The highest BCUT2D eigenvalue weighted by Crippen LogP contribution is 2.33. The molecule has 1 fully saturated rings. The quantitative estimate of drug-likeness (QED) is 0.379. The third kappa shape index (κ3) is 5.15. The van der Waals surface area contributed by atoms with Crippen LogP contribution in [0.5, 0.6) is 0 Å². The van der Waals surface area contributed by atoms with Crippen LogP contribution in [0.1, 0.15) is 38.6 Å². The van der Waals surface area contributed by atoms with E-state index < -0.39 is 12.1 Å². The summed E-state index contributed by atoms with van der Waals surface area (Å²) < 4.78 is 6.47. The van der Waals surface area contributed by atoms with Gasteiger partial charge in [0, 0.05) is 12.1 Å². The van der Waals surface area contributed by atoms with Crippen LogP contribution in [0.4, 0.5) is 4.79 Å². The summed E-state index contributed by atoms with van der Waals surface area (Å²) in [7, 11) is 1.29. The summed E-state index contributed by atoms with van der Waals surface area (Å²) in [5.74, 6) is 0.527. The highest BCUT2D eigenvalue weighted by molar-refractivity contribution is 5.86. The van der Waals surface area contributed by atoms with Gasteiger partial charge < -0.3 is 19.9 Å². The molecule has 0 saturated carbocycles. The number of hydrogen-bond donors (Lipinski definition) is 2. The van der Waals surface area contributed by atoms with Crippen LogP contribution in [0.3, 0.4) is 0 Å². The van der Waals surface area contributed by atoms with Crippen molar-refractivity contribution in [1.82, 2.24) is 35.2 Å². The van der Waals surface area contributed by atoms with E-state index in [4.69, 9.17) is 4.74 Å². The molecule has 10 nitrogen and oxygen atoms in total. The minimum Gasteiger partial charge on any atom is -0.453 e. The van der Waals surface area contributed by atoms with Crippen LogP contribution < -0.4 is 5.32 Å². The van der Waals surface area contributed by atoms with Gasteiger partial charge in [-0.2, -0.15) is 0 Å². The molecule has 196 valence electrons. The first-order valence-electron chi connectivity index (χ1n) is 12.7. The molecule has 0 spiro atoms. The molecule has 1 unspecified atom stereocenters. The standard InChI is InChI=1S/C28H31N7O3/c1-18(2)25(31-28(37)38-3)27(36)34-15-7-10-24(34)26-29-16-22(30-26)20-11-13-21(14-12-20)35-17-23(32-33-35)19-8-5-4-6-9-19/h4-6,8-9,11-14,16-18,24-25H,7,10,15H2,1-3H3,(H,29,30)(H,31,37)/t24?,25-/m0/s1. The molecule has 0 radical (unpaired) electrons. The predicted molar refractivity (Wildman–Crippen MR) is 142 cm³/mol. The molecule has 5 rings (SSSR count). The van der Waals surface area contributed by atoms with Crippen LogP contribution in [0, 0.1) is 5.92 Å². The second-order valence-corrected chi connectivity index (χ2v) is 9.69. The number of hydrogen-bond acceptors (Lipinski definition) is 6. The third-order valence-electron chi connectivity index (χ3n) is 6.84. The fourth-order valence-corrected chi connectivity index (χ4v) is 4.77. The van der Waals surface area contributed by atoms with Crippen LogP contribution in [-0.2, 0) is 9.53 Å². The number of benzene rings is 2. The Kier molecular flexibility index (Phi) is 7.21. The average Bonchev–Trinajstić information content (AvgIpc) is 3.72. The van der Waals surface area contributed by atoms with Gasteiger partial charge in [-0.25, -0.2) is 14.5 Å². The summed E-state index contributed by atoms with van der Waals surface area (Å²) >= 11 is 0. The normalized spacial score (nSPS) is 16.0. The van der Waals surface area contributed by atoms with Crippen LogP contribution in [0.2, 0.25) is 0 Å². The fourth-order valence-electron chi connectivity index (χ4n) is 4.77. The van der Waals surface area contributed by atoms with Crippen molar-refractivity contribution in [1.29, 1.82) is 0 Å². The molecule has 1 aliphatic heterocycles. The monoisotopic (exact) mass is 513 g/mol. The number of ether oxygens (including phenoxy) is 1. The Labute approximate surface area is 221 Å². The highest BCUT2D eigenvalue weighted by Gasteiger charge is 2.37. The van der Waals surface area contributed by atoms with E-state index in [1.54, 1.807) is 15.8 Å². The van der Waals surface area contributed by atoms with Crippen molar-refractivity contribution in [2.24, 2.45) is 5.92 Å². The van der Waals surface area contributed by atoms with Gasteiger partial charge >= 0.3 is 6.09 Å². The second-order valence-electron chi connectivity index (χ2n) is 9.69. The lowest BCUT2D eigenvalue weighted by Gasteiger charge is -2.30. The van der Waals surface area contributed by atoms with Gasteiger partial charge in [0.1, 0.15) is 17.6 Å². The van der Waals surface area contributed by atoms with E-state index in [0.717, 1.165) is 46.9 Å². The molecular weight excluding hydrogens is 482 g/mol. The van der Waals surface area contributed by atoms with E-state index in [0.29, 0.717) is 6.54 Å². The molecule has 2 aromatic carbocycles. The zero-order valence-electron chi connectivity index (χ0n) is 21.7. The van der Waals surface area contributed by atoms with Crippen LogP contribution in [0.15, 0.2) is 67.0 Å². The maximum atomic E-state index is 13.4. The van der Waals surface area contributed by atoms with E-state index in [9.17, 15) is 9.59 Å². The number of methoxy groups -OCH3 is 1. The van der Waals surface area contributed by atoms with Crippen molar-refractivity contribution in [2.75, 3.05) is 13.7 Å². The van der Waals surface area contributed by atoms with E-state index in [1.165, 1.54) is 7.11 Å². The van der Waals surface area contributed by atoms with Gasteiger partial charge in [-0.05, 0) is 36.5 Å². The zero-order valence-corrected chi connectivity index (χ0v) is 21.7. The molecular formula is C28H31N7O3. The summed E-state index contributed by atoms with van der Waals surface area (Å²) in [4.78, 5) is 35.0. The molecule has 0 bridgehead atoms. The summed E-state index contributed by atoms with van der Waals surface area (Å²) in [5.41, 5.74) is 4.56. The number of rotatable bonds is 7. The Balaban J connectivity index is 1.31. The Morgan fingerprint density at radius 3 is 2.55 bits per heavy atom. The number of aromatic amines is 1. The van der Waals surface area contributed by atoms with Gasteiger partial charge in [-0.1, -0.05) is 61.5 Å². The first-order chi connectivity index (χ1) is 18.4. The number of aromatic nitrogens is 5. The Morgan fingerprint density at radius 2 is 1.84 bits per heavy atom. The number of amides is 2. The number of carbonyl (C=O) groups is 2. The molecule has 4 aromatic rings. The summed E-state index contributed by atoms with van der Waals surface area (Å²) in [6, 6.07) is 17.1. The molecule has 2 amide bonds. The molecule has 3 heterocycles. The number of imidazole rings is 1. The lowest BCUT2D eigenvalue weighted by atomic mass is 10.0. The minimum absolute atomic E-state index is 0.0812. The van der Waals surface area contributed by atoms with Crippen molar-refractivity contribution >= 4 is 12.0 Å². The summed E-state index contributed by atoms with van der Waals surface area (Å²) in [6.07, 6.45) is 4.76. The number of nitrogens with zero attached hydrogens (tertiary/aromatic N) is 5. The summed E-state index contributed by atoms with van der Waals surface area (Å²) in [6.45, 7) is 4.42. The van der Waals surface area contributed by atoms with E-state index >= 15 is 0 Å². The van der Waals surface area contributed by atoms with Crippen molar-refractivity contribution in [2.45, 2.75) is 38.8 Å². The molecule has 38 heavy (non-hydrogen) atoms. The molecule has 2 aromatic heterocycles. The SMILES string of the molecule is COC(=O)N[C@H](C(=O)N1CCCC1c1ncc(-c2ccc(-n3cc(-c4ccccc4)nn3)cc2)[nH]1)C(C)C.